The summed E-state index contributed by atoms with van der Waals surface area (Å²) in [5.74, 6) is 0. The van der Waals surface area contributed by atoms with Gasteiger partial charge in [-0.1, -0.05) is 133 Å². The number of nitrogens with zero attached hydrogens (tertiary/aromatic N) is 4. The Labute approximate surface area is 335 Å². The molecule has 6 heterocycles. The van der Waals surface area contributed by atoms with E-state index >= 15 is 0 Å². The highest BCUT2D eigenvalue weighted by Crippen LogP contribution is 2.50. The van der Waals surface area contributed by atoms with E-state index in [-0.39, 0.29) is 0 Å². The maximum absolute atomic E-state index is 5.48. The van der Waals surface area contributed by atoms with Crippen molar-refractivity contribution >= 4 is 120 Å². The van der Waals surface area contributed by atoms with Crippen molar-refractivity contribution in [2.45, 2.75) is 0 Å². The first-order valence-corrected chi connectivity index (χ1v) is 20.4. The summed E-state index contributed by atoms with van der Waals surface area (Å²) >= 11 is 0. The van der Waals surface area contributed by atoms with Crippen LogP contribution in [0, 0.1) is 0 Å². The van der Waals surface area contributed by atoms with Crippen molar-refractivity contribution in [1.29, 1.82) is 0 Å². The van der Waals surface area contributed by atoms with Crippen LogP contribution in [-0.4, -0.2) is 18.4 Å². The van der Waals surface area contributed by atoms with E-state index in [0.717, 1.165) is 11.2 Å². The predicted molar refractivity (Wildman–Crippen MR) is 248 cm³/mol. The number of aromatic nitrogens is 4. The number of rotatable bonds is 2. The van der Waals surface area contributed by atoms with Crippen LogP contribution >= 0.6 is 0 Å². The molecule has 0 unspecified atom stereocenters. The van der Waals surface area contributed by atoms with Gasteiger partial charge in [0.05, 0.1) is 44.8 Å². The minimum Gasteiger partial charge on any atom is -0.309 e. The van der Waals surface area contributed by atoms with E-state index in [0.29, 0.717) is 0 Å². The molecule has 270 valence electrons. The summed E-state index contributed by atoms with van der Waals surface area (Å²) in [7, 11) is 0. The van der Waals surface area contributed by atoms with E-state index < -0.39 is 0 Å². The van der Waals surface area contributed by atoms with Gasteiger partial charge in [-0.3, -0.25) is 4.40 Å². The van der Waals surface area contributed by atoms with Gasteiger partial charge in [0.15, 0.2) is 0 Å². The highest BCUT2D eigenvalue weighted by Gasteiger charge is 2.27. The molecule has 0 aliphatic carbocycles. The predicted octanol–water partition coefficient (Wildman–Crippen LogP) is 14.5. The topological polar surface area (TPSA) is 26.6 Å². The summed E-state index contributed by atoms with van der Waals surface area (Å²) in [4.78, 5) is 5.48. The number of hydrogen-bond acceptors (Lipinski definition) is 1. The molecule has 9 aromatic carbocycles. The normalized spacial score (nSPS) is 12.7. The fourth-order valence-electron chi connectivity index (χ4n) is 11.2. The molecule has 0 amide bonds. The molecule has 0 atom stereocenters. The highest BCUT2D eigenvalue weighted by molar-refractivity contribution is 6.40. The van der Waals surface area contributed by atoms with Crippen molar-refractivity contribution in [3.8, 4) is 16.8 Å². The van der Waals surface area contributed by atoms with E-state index in [1.54, 1.807) is 0 Å². The lowest BCUT2D eigenvalue weighted by molar-refractivity contribution is 1.18. The summed E-state index contributed by atoms with van der Waals surface area (Å²) in [6, 6.07) is 64.9. The molecule has 0 aliphatic rings. The van der Waals surface area contributed by atoms with Gasteiger partial charge in [0, 0.05) is 65.1 Å². The van der Waals surface area contributed by atoms with Gasteiger partial charge in [0.2, 0.25) is 0 Å². The van der Waals surface area contributed by atoms with Gasteiger partial charge < -0.3 is 8.97 Å². The van der Waals surface area contributed by atoms with Crippen LogP contribution in [0.15, 0.2) is 182 Å². The maximum atomic E-state index is 5.48. The Morgan fingerprint density at radius 1 is 0.339 bits per heavy atom. The van der Waals surface area contributed by atoms with Crippen molar-refractivity contribution in [2.75, 3.05) is 0 Å². The summed E-state index contributed by atoms with van der Waals surface area (Å²) in [6.07, 6.45) is 2.15. The lowest BCUT2D eigenvalue weighted by atomic mass is 9.97. The summed E-state index contributed by atoms with van der Waals surface area (Å²) < 4.78 is 7.37. The average molecular weight is 747 g/mol. The molecular formula is C55H30N4. The van der Waals surface area contributed by atoms with Crippen molar-refractivity contribution < 1.29 is 0 Å². The zero-order valence-electron chi connectivity index (χ0n) is 31.6. The van der Waals surface area contributed by atoms with Crippen LogP contribution < -0.4 is 0 Å². The smallest absolute Gasteiger partial charge is 0.146 e. The molecule has 0 spiro atoms. The van der Waals surface area contributed by atoms with Crippen LogP contribution in [-0.2, 0) is 0 Å². The fourth-order valence-corrected chi connectivity index (χ4v) is 11.2. The molecule has 6 aromatic heterocycles. The minimum atomic E-state index is 1.01. The molecule has 15 aromatic rings. The molecule has 59 heavy (non-hydrogen) atoms. The third-order valence-electron chi connectivity index (χ3n) is 13.5. The van der Waals surface area contributed by atoms with E-state index in [1.165, 1.54) is 125 Å². The summed E-state index contributed by atoms with van der Waals surface area (Å²) in [6.45, 7) is 0. The fraction of sp³-hybridized carbons (Fsp3) is 0. The number of pyridine rings is 1. The molecule has 0 aliphatic heterocycles. The molecule has 0 N–H and O–H groups in total. The lowest BCUT2D eigenvalue weighted by Crippen LogP contribution is -1.93. The van der Waals surface area contributed by atoms with Crippen molar-refractivity contribution in [1.82, 2.24) is 18.4 Å². The zero-order valence-corrected chi connectivity index (χ0v) is 31.6. The van der Waals surface area contributed by atoms with Crippen LogP contribution in [0.3, 0.4) is 0 Å². The Morgan fingerprint density at radius 3 is 1.90 bits per heavy atom. The largest absolute Gasteiger partial charge is 0.309 e. The van der Waals surface area contributed by atoms with Crippen molar-refractivity contribution in [2.24, 2.45) is 0 Å². The Hall–Kier alpha value is -7.95. The van der Waals surface area contributed by atoms with E-state index in [9.17, 15) is 0 Å². The Morgan fingerprint density at radius 2 is 1.02 bits per heavy atom. The second kappa shape index (κ2) is 10.5. The quantitative estimate of drug-likeness (QED) is 0.173. The summed E-state index contributed by atoms with van der Waals surface area (Å²) in [5.41, 5.74) is 13.1. The van der Waals surface area contributed by atoms with Crippen LogP contribution in [0.2, 0.25) is 0 Å². The molecule has 0 fully saturated rings. The second-order valence-electron chi connectivity index (χ2n) is 16.3. The first-order valence-electron chi connectivity index (χ1n) is 20.4. The Kier molecular flexibility index (Phi) is 5.38. The van der Waals surface area contributed by atoms with Gasteiger partial charge in [-0.25, -0.2) is 4.98 Å². The molecule has 4 heteroatoms. The van der Waals surface area contributed by atoms with E-state index in [4.69, 9.17) is 4.98 Å². The van der Waals surface area contributed by atoms with Gasteiger partial charge in [-0.15, -0.1) is 0 Å². The van der Waals surface area contributed by atoms with Gasteiger partial charge in [-0.2, -0.15) is 0 Å². The zero-order chi connectivity index (χ0) is 38.1. The summed E-state index contributed by atoms with van der Waals surface area (Å²) in [5, 5.41) is 17.7. The average Bonchev–Trinajstić information content (AvgIpc) is 4.09. The van der Waals surface area contributed by atoms with Crippen molar-refractivity contribution in [3.05, 3.63) is 182 Å². The SMILES string of the molecule is c1ccc(-n2c3ccccc3c3cc(-c4cccc5c6cccc7c8c9c%10c%11ccccc%11cc%11c%12c%13ccccc%13ccc%12n(c9ncc8n(c45)c67)c%11%10)ccc32)cc1. The number of para-hydroxylation sites is 4. The minimum absolute atomic E-state index is 1.01. The lowest BCUT2D eigenvalue weighted by Gasteiger charge is -2.09. The van der Waals surface area contributed by atoms with E-state index in [1.807, 2.05) is 0 Å². The first-order chi connectivity index (χ1) is 29.3. The first kappa shape index (κ1) is 30.2. The Balaban J connectivity index is 1.10. The number of hydrogen-bond donors (Lipinski definition) is 0. The second-order valence-corrected chi connectivity index (χ2v) is 16.3. The molecule has 15 rings (SSSR count). The Bertz CT molecular complexity index is 4300. The molecule has 4 nitrogen and oxygen atoms in total. The van der Waals surface area contributed by atoms with Gasteiger partial charge in [0.1, 0.15) is 5.65 Å². The number of fused-ring (bicyclic) bond motifs is 20. The van der Waals surface area contributed by atoms with Crippen LogP contribution in [0.5, 0.6) is 0 Å². The molecule has 0 radical (unpaired) electrons. The monoisotopic (exact) mass is 746 g/mol. The van der Waals surface area contributed by atoms with Gasteiger partial charge in [0.25, 0.3) is 0 Å². The molecule has 0 bridgehead atoms. The molecule has 0 saturated heterocycles. The van der Waals surface area contributed by atoms with Gasteiger partial charge in [-0.05, 0) is 69.6 Å². The highest BCUT2D eigenvalue weighted by atomic mass is 15.0. The van der Waals surface area contributed by atoms with Crippen LogP contribution in [0.1, 0.15) is 0 Å². The van der Waals surface area contributed by atoms with E-state index in [2.05, 4.69) is 195 Å². The molecular weight excluding hydrogens is 717 g/mol. The standard InChI is InChI=1S/C55H30N4/c1-2-14-34(15-3-1)57-44-23-9-8-18-38(44)42-28-33(25-26-45(42)57)37-19-10-20-39-40-21-11-22-41-49-47(58(52(37)39)53(40)41)30-56-55-51(49)50-36-17-7-5-13-32(36)29-43-48-35-16-6-4-12-31(35)24-27-46(48)59(55)54(43)50/h1-30H. The maximum Gasteiger partial charge on any atom is 0.146 e. The van der Waals surface area contributed by atoms with Crippen LogP contribution in [0.4, 0.5) is 0 Å². The van der Waals surface area contributed by atoms with Crippen molar-refractivity contribution in [3.63, 3.8) is 0 Å². The third kappa shape index (κ3) is 3.56. The number of benzene rings is 9. The van der Waals surface area contributed by atoms with Gasteiger partial charge >= 0.3 is 0 Å². The van der Waals surface area contributed by atoms with Crippen LogP contribution in [0.25, 0.3) is 136 Å². The third-order valence-corrected chi connectivity index (χ3v) is 13.5. The molecule has 0 saturated carbocycles.